The lowest BCUT2D eigenvalue weighted by atomic mass is 9.78. The Bertz CT molecular complexity index is 411. The number of rotatable bonds is 6. The molecular formula is C19H38IN3OS. The average molecular weight is 484 g/mol. The number of halogens is 1. The van der Waals surface area contributed by atoms with Crippen molar-refractivity contribution in [3.8, 4) is 0 Å². The third-order valence-corrected chi connectivity index (χ3v) is 7.03. The second-order valence-electron chi connectivity index (χ2n) is 7.76. The van der Waals surface area contributed by atoms with Gasteiger partial charge in [0.05, 0.1) is 6.54 Å². The van der Waals surface area contributed by atoms with Crippen molar-refractivity contribution in [3.63, 3.8) is 0 Å². The normalized spacial score (nSPS) is 26.9. The Morgan fingerprint density at radius 3 is 2.56 bits per heavy atom. The van der Waals surface area contributed by atoms with E-state index in [1.807, 2.05) is 11.8 Å². The first kappa shape index (κ1) is 23.3. The molecule has 0 aromatic carbocycles. The molecule has 6 heteroatoms. The fourth-order valence-electron chi connectivity index (χ4n) is 4.12. The number of aliphatic imine (C=N–C) groups is 1. The molecule has 0 aromatic heterocycles. The summed E-state index contributed by atoms with van der Waals surface area (Å²) in [6.45, 7) is 12.8. The molecule has 4 nitrogen and oxygen atoms in total. The van der Waals surface area contributed by atoms with Gasteiger partial charge in [-0.1, -0.05) is 20.3 Å². The highest BCUT2D eigenvalue weighted by molar-refractivity contribution is 14.0. The van der Waals surface area contributed by atoms with E-state index < -0.39 is 0 Å². The van der Waals surface area contributed by atoms with Crippen LogP contribution in [0.3, 0.4) is 0 Å². The van der Waals surface area contributed by atoms with Gasteiger partial charge in [-0.25, -0.2) is 0 Å². The van der Waals surface area contributed by atoms with Crippen LogP contribution < -0.4 is 5.32 Å². The van der Waals surface area contributed by atoms with E-state index in [0.717, 1.165) is 58.2 Å². The van der Waals surface area contributed by atoms with Crippen molar-refractivity contribution in [3.05, 3.63) is 0 Å². The lowest BCUT2D eigenvalue weighted by Crippen LogP contribution is -2.50. The summed E-state index contributed by atoms with van der Waals surface area (Å²) in [5.74, 6) is 1.12. The van der Waals surface area contributed by atoms with Crippen molar-refractivity contribution in [1.82, 2.24) is 10.2 Å². The topological polar surface area (TPSA) is 36.9 Å². The number of likely N-dealkylation sites (tertiary alicyclic amines) is 1. The molecule has 1 unspecified atom stereocenters. The fraction of sp³-hybridized carbons (Fsp3) is 0.947. The Kier molecular flexibility index (Phi) is 10.5. The van der Waals surface area contributed by atoms with Gasteiger partial charge in [-0.05, 0) is 50.7 Å². The molecule has 1 atom stereocenters. The van der Waals surface area contributed by atoms with Crippen LogP contribution in [0, 0.1) is 5.41 Å². The van der Waals surface area contributed by atoms with Gasteiger partial charge >= 0.3 is 0 Å². The van der Waals surface area contributed by atoms with E-state index in [9.17, 15) is 0 Å². The van der Waals surface area contributed by atoms with Gasteiger partial charge in [0.2, 0.25) is 0 Å². The zero-order valence-electron chi connectivity index (χ0n) is 16.6. The summed E-state index contributed by atoms with van der Waals surface area (Å²) in [6, 6.07) is 0. The number of nitrogens with one attached hydrogen (secondary N) is 1. The molecular weight excluding hydrogens is 445 g/mol. The number of guanidine groups is 1. The van der Waals surface area contributed by atoms with Gasteiger partial charge < -0.3 is 15.0 Å². The monoisotopic (exact) mass is 483 g/mol. The van der Waals surface area contributed by atoms with Gasteiger partial charge in [0.25, 0.3) is 0 Å². The van der Waals surface area contributed by atoms with E-state index >= 15 is 0 Å². The van der Waals surface area contributed by atoms with E-state index in [1.165, 1.54) is 25.7 Å². The van der Waals surface area contributed by atoms with Crippen molar-refractivity contribution in [2.45, 2.75) is 64.0 Å². The number of ether oxygens (including phenoxy) is 1. The fourth-order valence-corrected chi connectivity index (χ4v) is 4.89. The van der Waals surface area contributed by atoms with Crippen LogP contribution in [0.15, 0.2) is 4.99 Å². The third-order valence-electron chi connectivity index (χ3n) is 5.62. The smallest absolute Gasteiger partial charge is 0.193 e. The molecule has 25 heavy (non-hydrogen) atoms. The second-order valence-corrected chi connectivity index (χ2v) is 9.03. The summed E-state index contributed by atoms with van der Waals surface area (Å²) < 4.78 is 5.83. The molecule has 2 saturated heterocycles. The molecule has 0 amide bonds. The SMILES string of the molecule is CCCC1(C)CCCN(C(=NCC2(SC)CCOCC2)NCC)C1.I. The maximum Gasteiger partial charge on any atom is 0.193 e. The van der Waals surface area contributed by atoms with Crippen LogP contribution in [-0.2, 0) is 4.74 Å². The molecule has 0 aromatic rings. The zero-order chi connectivity index (χ0) is 17.5. The predicted molar refractivity (Wildman–Crippen MR) is 122 cm³/mol. The highest BCUT2D eigenvalue weighted by atomic mass is 127. The lowest BCUT2D eigenvalue weighted by Gasteiger charge is -2.42. The maximum atomic E-state index is 5.56. The molecule has 2 rings (SSSR count). The number of hydrogen-bond acceptors (Lipinski definition) is 3. The second kappa shape index (κ2) is 11.2. The highest BCUT2D eigenvalue weighted by Crippen LogP contribution is 2.35. The number of nitrogens with zero attached hydrogens (tertiary/aromatic N) is 2. The minimum Gasteiger partial charge on any atom is -0.381 e. The van der Waals surface area contributed by atoms with Crippen molar-refractivity contribution in [2.75, 3.05) is 45.6 Å². The molecule has 0 saturated carbocycles. The highest BCUT2D eigenvalue weighted by Gasteiger charge is 2.34. The van der Waals surface area contributed by atoms with Crippen molar-refractivity contribution < 1.29 is 4.74 Å². The average Bonchev–Trinajstić information content (AvgIpc) is 2.59. The maximum absolute atomic E-state index is 5.56. The standard InChI is InChI=1S/C19H37N3OS.HI/c1-5-8-18(3)9-7-12-22(16-18)17(20-6-2)21-15-19(24-4)10-13-23-14-11-19;/h5-16H2,1-4H3,(H,20,21);1H. The van der Waals surface area contributed by atoms with Crippen LogP contribution in [0.25, 0.3) is 0 Å². The Labute approximate surface area is 176 Å². The van der Waals surface area contributed by atoms with E-state index in [0.29, 0.717) is 5.41 Å². The van der Waals surface area contributed by atoms with E-state index in [-0.39, 0.29) is 28.7 Å². The molecule has 2 aliphatic heterocycles. The molecule has 0 radical (unpaired) electrons. The summed E-state index contributed by atoms with van der Waals surface area (Å²) in [7, 11) is 0. The van der Waals surface area contributed by atoms with E-state index in [2.05, 4.69) is 37.2 Å². The largest absolute Gasteiger partial charge is 0.381 e. The lowest BCUT2D eigenvalue weighted by molar-refractivity contribution is 0.0792. The van der Waals surface area contributed by atoms with Crippen LogP contribution in [0.2, 0.25) is 0 Å². The van der Waals surface area contributed by atoms with E-state index in [4.69, 9.17) is 9.73 Å². The summed E-state index contributed by atoms with van der Waals surface area (Å²) >= 11 is 1.97. The third kappa shape index (κ3) is 6.76. The number of piperidine rings is 1. The molecule has 148 valence electrons. The van der Waals surface area contributed by atoms with Gasteiger partial charge in [0.1, 0.15) is 0 Å². The molecule has 0 spiro atoms. The van der Waals surface area contributed by atoms with Crippen LogP contribution in [0.4, 0.5) is 0 Å². The first-order chi connectivity index (χ1) is 11.6. The first-order valence-electron chi connectivity index (χ1n) is 9.72. The predicted octanol–water partition coefficient (Wildman–Crippen LogP) is 4.38. The van der Waals surface area contributed by atoms with Crippen molar-refractivity contribution >= 4 is 41.7 Å². The van der Waals surface area contributed by atoms with Crippen LogP contribution >= 0.6 is 35.7 Å². The van der Waals surface area contributed by atoms with Gasteiger partial charge in [0.15, 0.2) is 5.96 Å². The Hall–Kier alpha value is 0.310. The molecule has 0 aliphatic carbocycles. The summed E-state index contributed by atoms with van der Waals surface area (Å²) in [4.78, 5) is 7.59. The summed E-state index contributed by atoms with van der Waals surface area (Å²) in [5, 5.41) is 3.55. The Morgan fingerprint density at radius 1 is 1.24 bits per heavy atom. The van der Waals surface area contributed by atoms with Crippen LogP contribution in [0.1, 0.15) is 59.3 Å². The molecule has 2 heterocycles. The molecule has 1 N–H and O–H groups in total. The van der Waals surface area contributed by atoms with Crippen molar-refractivity contribution in [1.29, 1.82) is 0 Å². The van der Waals surface area contributed by atoms with Gasteiger partial charge in [-0.2, -0.15) is 11.8 Å². The minimum atomic E-state index is 0. The number of thioether (sulfide) groups is 1. The number of hydrogen-bond donors (Lipinski definition) is 1. The van der Waals surface area contributed by atoms with Crippen molar-refractivity contribution in [2.24, 2.45) is 10.4 Å². The first-order valence-corrected chi connectivity index (χ1v) is 10.9. The Balaban J connectivity index is 0.00000312. The summed E-state index contributed by atoms with van der Waals surface area (Å²) in [6.07, 6.45) is 9.68. The quantitative estimate of drug-likeness (QED) is 0.346. The molecule has 2 aliphatic rings. The van der Waals surface area contributed by atoms with Gasteiger partial charge in [-0.15, -0.1) is 24.0 Å². The Morgan fingerprint density at radius 2 is 1.96 bits per heavy atom. The van der Waals surface area contributed by atoms with Gasteiger partial charge in [-0.3, -0.25) is 4.99 Å². The molecule has 2 fully saturated rings. The van der Waals surface area contributed by atoms with Gasteiger partial charge in [0, 0.05) is 37.6 Å². The molecule has 0 bridgehead atoms. The minimum absolute atomic E-state index is 0. The zero-order valence-corrected chi connectivity index (χ0v) is 19.8. The summed E-state index contributed by atoms with van der Waals surface area (Å²) in [5.41, 5.74) is 0.444. The van der Waals surface area contributed by atoms with Crippen LogP contribution in [0.5, 0.6) is 0 Å². The van der Waals surface area contributed by atoms with E-state index in [1.54, 1.807) is 0 Å². The van der Waals surface area contributed by atoms with Crippen LogP contribution in [-0.4, -0.2) is 61.3 Å².